The van der Waals surface area contributed by atoms with Gasteiger partial charge in [0.25, 0.3) is 0 Å². The minimum atomic E-state index is -2.31. The highest BCUT2D eigenvalue weighted by atomic mass is 28.3. The van der Waals surface area contributed by atoms with Crippen LogP contribution in [0.3, 0.4) is 0 Å². The van der Waals surface area contributed by atoms with Gasteiger partial charge < -0.3 is 19.5 Å². The zero-order valence-electron chi connectivity index (χ0n) is 36.2. The highest BCUT2D eigenvalue weighted by Crippen LogP contribution is 2.44. The van der Waals surface area contributed by atoms with E-state index >= 15 is 8.78 Å². The molecule has 13 heteroatoms. The minimum absolute atomic E-state index is 0.0383. The van der Waals surface area contributed by atoms with Gasteiger partial charge in [0, 0.05) is 61.2 Å². The predicted molar refractivity (Wildman–Crippen MR) is 236 cm³/mol. The monoisotopic (exact) mass is 851 g/mol. The SMILES string of the molecule is COCOc1cc(-c2ncc3c(N4CC5CCC(C4)N5C(=O)O)cc(C#CC[C@@]45CCCN4C[C@H](F)C5)nc3c2F)c2c(C#C[Si](C(C)C)(C(C)C)C(C)C)c(F)ccc2c1. The fourth-order valence-corrected chi connectivity index (χ4v) is 16.6. The molecular formula is C48H56F3N5O4Si. The molecule has 4 aliphatic rings. The number of amides is 1. The second kappa shape index (κ2) is 16.8. The second-order valence-corrected chi connectivity index (χ2v) is 24.0. The molecule has 6 heterocycles. The number of methoxy groups -OCH3 is 1. The van der Waals surface area contributed by atoms with Gasteiger partial charge in [-0.25, -0.2) is 22.9 Å². The maximum Gasteiger partial charge on any atom is 0.407 e. The van der Waals surface area contributed by atoms with Gasteiger partial charge in [-0.15, -0.1) is 5.54 Å². The number of anilines is 1. The van der Waals surface area contributed by atoms with Crippen LogP contribution in [0.1, 0.15) is 91.3 Å². The van der Waals surface area contributed by atoms with Gasteiger partial charge >= 0.3 is 6.09 Å². The number of fused-ring (bicyclic) bond motifs is 5. The highest BCUT2D eigenvalue weighted by Gasteiger charge is 2.48. The van der Waals surface area contributed by atoms with Crippen molar-refractivity contribution < 1.29 is 32.5 Å². The molecule has 0 spiro atoms. The van der Waals surface area contributed by atoms with E-state index in [1.807, 2.05) is 6.07 Å². The van der Waals surface area contributed by atoms with E-state index in [9.17, 15) is 14.3 Å². The summed E-state index contributed by atoms with van der Waals surface area (Å²) in [6, 6.07) is 7.88. The van der Waals surface area contributed by atoms with Gasteiger partial charge in [0.05, 0.1) is 23.3 Å². The number of hydrogen-bond acceptors (Lipinski definition) is 7. The average molecular weight is 852 g/mol. The smallest absolute Gasteiger partial charge is 0.407 e. The largest absolute Gasteiger partial charge is 0.468 e. The molecule has 2 unspecified atom stereocenters. The van der Waals surface area contributed by atoms with Crippen LogP contribution in [0, 0.1) is 34.9 Å². The summed E-state index contributed by atoms with van der Waals surface area (Å²) in [5.74, 6) is 9.02. The molecule has 4 saturated heterocycles. The third kappa shape index (κ3) is 7.61. The fourth-order valence-electron chi connectivity index (χ4n) is 11.4. The molecule has 0 saturated carbocycles. The number of carbonyl (C=O) groups is 1. The van der Waals surface area contributed by atoms with E-state index in [4.69, 9.17) is 19.4 Å². The lowest BCUT2D eigenvalue weighted by atomic mass is 9.90. The number of hydrogen-bond donors (Lipinski definition) is 1. The van der Waals surface area contributed by atoms with E-state index < -0.39 is 32.0 Å². The second-order valence-electron chi connectivity index (χ2n) is 18.4. The summed E-state index contributed by atoms with van der Waals surface area (Å²) in [4.78, 5) is 27.7. The first-order valence-corrected chi connectivity index (χ1v) is 24.0. The van der Waals surface area contributed by atoms with Crippen molar-refractivity contribution in [1.82, 2.24) is 19.8 Å². The van der Waals surface area contributed by atoms with E-state index in [2.05, 4.69) is 74.6 Å². The molecule has 2 bridgehead atoms. The Kier molecular flexibility index (Phi) is 11.8. The molecule has 4 aromatic rings. The number of piperazine rings is 1. The topological polar surface area (TPSA) is 91.3 Å². The van der Waals surface area contributed by atoms with Crippen LogP contribution in [0.15, 0.2) is 36.5 Å². The fraction of sp³-hybridized carbons (Fsp3) is 0.521. The van der Waals surface area contributed by atoms with Crippen LogP contribution in [-0.4, -0.2) is 103 Å². The van der Waals surface area contributed by atoms with E-state index in [0.717, 1.165) is 32.2 Å². The molecular weight excluding hydrogens is 796 g/mol. The number of ether oxygens (including phenoxy) is 2. The highest BCUT2D eigenvalue weighted by molar-refractivity contribution is 6.90. The minimum Gasteiger partial charge on any atom is -0.468 e. The summed E-state index contributed by atoms with van der Waals surface area (Å²) in [6.07, 6.45) is 4.04. The zero-order chi connectivity index (χ0) is 43.4. The first-order valence-electron chi connectivity index (χ1n) is 21.7. The van der Waals surface area contributed by atoms with Crippen LogP contribution in [-0.2, 0) is 4.74 Å². The first-order chi connectivity index (χ1) is 29.2. The summed E-state index contributed by atoms with van der Waals surface area (Å²) in [5.41, 5.74) is 5.75. The van der Waals surface area contributed by atoms with Crippen LogP contribution in [0.25, 0.3) is 32.9 Å². The normalized spacial score (nSPS) is 22.6. The lowest BCUT2D eigenvalue weighted by Gasteiger charge is -2.41. The molecule has 2 aromatic heterocycles. The molecule has 9 nitrogen and oxygen atoms in total. The zero-order valence-corrected chi connectivity index (χ0v) is 37.2. The van der Waals surface area contributed by atoms with Crippen molar-refractivity contribution in [2.45, 2.75) is 120 Å². The number of aromatic nitrogens is 2. The summed E-state index contributed by atoms with van der Waals surface area (Å²) in [5, 5.41) is 11.5. The third-order valence-electron chi connectivity index (χ3n) is 14.1. The Morgan fingerprint density at radius 1 is 1.02 bits per heavy atom. The molecule has 1 amide bonds. The van der Waals surface area contributed by atoms with Crippen molar-refractivity contribution in [2.75, 3.05) is 45.0 Å². The maximum atomic E-state index is 17.7. The van der Waals surface area contributed by atoms with Crippen LogP contribution >= 0.6 is 0 Å². The van der Waals surface area contributed by atoms with Crippen LogP contribution in [0.5, 0.6) is 5.75 Å². The Labute approximate surface area is 358 Å². The summed E-state index contributed by atoms with van der Waals surface area (Å²) >= 11 is 0. The predicted octanol–water partition coefficient (Wildman–Crippen LogP) is 9.93. The molecule has 1 N–H and O–H groups in total. The summed E-state index contributed by atoms with van der Waals surface area (Å²) < 4.78 is 59.8. The molecule has 4 aliphatic heterocycles. The number of pyridine rings is 2. The molecule has 0 radical (unpaired) electrons. The van der Waals surface area contributed by atoms with Gasteiger partial charge in [-0.05, 0) is 90.8 Å². The van der Waals surface area contributed by atoms with Crippen LogP contribution < -0.4 is 9.64 Å². The van der Waals surface area contributed by atoms with Crippen molar-refractivity contribution in [2.24, 2.45) is 0 Å². The van der Waals surface area contributed by atoms with Crippen molar-refractivity contribution in [3.05, 3.63) is 59.4 Å². The maximum absolute atomic E-state index is 17.7. The number of benzene rings is 2. The van der Waals surface area contributed by atoms with Gasteiger partial charge in [0.15, 0.2) is 12.6 Å². The Hall–Kier alpha value is -4.82. The Bertz CT molecular complexity index is 2460. The Morgan fingerprint density at radius 3 is 2.41 bits per heavy atom. The molecule has 4 fully saturated rings. The van der Waals surface area contributed by atoms with E-state index in [1.54, 1.807) is 29.3 Å². The number of alkyl halides is 1. The van der Waals surface area contributed by atoms with Gasteiger partial charge in [0.2, 0.25) is 0 Å². The lowest BCUT2D eigenvalue weighted by Crippen LogP contribution is -2.55. The average Bonchev–Trinajstić information content (AvgIpc) is 3.83. The number of nitrogens with zero attached hydrogens (tertiary/aromatic N) is 5. The molecule has 4 atom stereocenters. The molecule has 61 heavy (non-hydrogen) atoms. The molecule has 2 aromatic carbocycles. The van der Waals surface area contributed by atoms with Gasteiger partial charge in [-0.1, -0.05) is 59.4 Å². The number of rotatable bonds is 9. The lowest BCUT2D eigenvalue weighted by molar-refractivity contribution is 0.0512. The van der Waals surface area contributed by atoms with Gasteiger partial charge in [-0.2, -0.15) is 0 Å². The van der Waals surface area contributed by atoms with Gasteiger partial charge in [0.1, 0.15) is 42.7 Å². The van der Waals surface area contributed by atoms with E-state index in [-0.39, 0.29) is 41.2 Å². The summed E-state index contributed by atoms with van der Waals surface area (Å²) in [7, 11) is -0.803. The Balaban J connectivity index is 1.32. The number of halogens is 3. The molecule has 322 valence electrons. The van der Waals surface area contributed by atoms with Crippen LogP contribution in [0.2, 0.25) is 16.6 Å². The standard InChI is InChI=1S/C48H56F3N5O4Si/c1-29(2)61(30(3)4,31(5)6)19-15-38-41(50)14-11-32-20-37(60-28-59-7)22-39(43(32)38)45-44(51)46-40(24-52-45)42(54-26-35-12-13-36(27-54)56(35)47(57)58)21-34(53-46)10-8-16-48-17-9-18-55(48)25-33(49)23-48/h11,14,20-22,24,29-31,33,35-36H,9,12-13,16-18,23,25-28H2,1-7H3,(H,57,58)/t33-,35?,36?,48+/m1/s1. The van der Waals surface area contributed by atoms with E-state index in [0.29, 0.717) is 88.0 Å². The molecule has 0 aliphatic carbocycles. The summed E-state index contributed by atoms with van der Waals surface area (Å²) in [6.45, 7) is 15.3. The van der Waals surface area contributed by atoms with Crippen molar-refractivity contribution >= 4 is 41.5 Å². The van der Waals surface area contributed by atoms with Crippen molar-refractivity contribution in [3.63, 3.8) is 0 Å². The van der Waals surface area contributed by atoms with Gasteiger partial charge in [-0.3, -0.25) is 14.8 Å². The van der Waals surface area contributed by atoms with Crippen LogP contribution in [0.4, 0.5) is 23.7 Å². The van der Waals surface area contributed by atoms with Crippen molar-refractivity contribution in [3.8, 4) is 40.3 Å². The Morgan fingerprint density at radius 2 is 1.74 bits per heavy atom. The van der Waals surface area contributed by atoms with E-state index in [1.165, 1.54) is 13.2 Å². The molecule has 8 rings (SSSR count). The van der Waals surface area contributed by atoms with Crippen molar-refractivity contribution in [1.29, 1.82) is 0 Å². The first kappa shape index (κ1) is 42.9. The number of carboxylic acid groups (broad SMARTS) is 1. The third-order valence-corrected chi connectivity index (χ3v) is 20.4. The quantitative estimate of drug-likeness (QED) is 0.101.